The van der Waals surface area contributed by atoms with E-state index in [-0.39, 0.29) is 16.9 Å². The molecule has 1 amide bonds. The summed E-state index contributed by atoms with van der Waals surface area (Å²) in [7, 11) is 0. The van der Waals surface area contributed by atoms with Crippen LogP contribution < -0.4 is 14.4 Å². The van der Waals surface area contributed by atoms with Crippen LogP contribution in [0.3, 0.4) is 0 Å². The molecule has 22 heavy (non-hydrogen) atoms. The van der Waals surface area contributed by atoms with Gasteiger partial charge in [0.05, 0.1) is 13.2 Å². The summed E-state index contributed by atoms with van der Waals surface area (Å²) in [4.78, 5) is 25.1. The van der Waals surface area contributed by atoms with Gasteiger partial charge < -0.3 is 14.4 Å². The Morgan fingerprint density at radius 3 is 2.86 bits per heavy atom. The molecule has 6 heteroatoms. The zero-order chi connectivity index (χ0) is 15.5. The molecule has 0 radical (unpaired) electrons. The number of hydrogen-bond donors (Lipinski definition) is 0. The molecule has 3 rings (SSSR count). The summed E-state index contributed by atoms with van der Waals surface area (Å²) in [5, 5.41) is 0.0986. The first-order valence-corrected chi connectivity index (χ1v) is 8.45. The van der Waals surface area contributed by atoms with Crippen LogP contribution in [-0.4, -0.2) is 36.5 Å². The Balaban J connectivity index is 1.72. The molecular weight excluding hydrogens is 302 g/mol. The summed E-state index contributed by atoms with van der Waals surface area (Å²) < 4.78 is 11.3. The van der Waals surface area contributed by atoms with Gasteiger partial charge in [-0.15, -0.1) is 0 Å². The van der Waals surface area contributed by atoms with Crippen LogP contribution in [0.2, 0.25) is 0 Å². The third kappa shape index (κ3) is 3.38. The number of ether oxygens (including phenoxy) is 2. The first-order valence-electron chi connectivity index (χ1n) is 7.47. The standard InChI is InChI=1S/C16H19NO4S/c1-11(18)22-10-12-7-16(19)17(9-12)13-3-4-14-15(8-13)21-6-2-5-20-14/h3-4,8,12H,2,5-7,9-10H2,1H3. The average Bonchev–Trinajstić information content (AvgIpc) is 2.71. The highest BCUT2D eigenvalue weighted by Crippen LogP contribution is 2.36. The van der Waals surface area contributed by atoms with Crippen molar-refractivity contribution >= 4 is 28.5 Å². The third-order valence-corrected chi connectivity index (χ3v) is 4.81. The number of fused-ring (bicyclic) bond motifs is 1. The third-order valence-electron chi connectivity index (χ3n) is 3.77. The van der Waals surface area contributed by atoms with Gasteiger partial charge in [-0.05, 0) is 18.1 Å². The maximum Gasteiger partial charge on any atom is 0.227 e. The van der Waals surface area contributed by atoms with Crippen LogP contribution in [-0.2, 0) is 9.59 Å². The van der Waals surface area contributed by atoms with Crippen molar-refractivity contribution in [3.8, 4) is 11.5 Å². The number of thioether (sulfide) groups is 1. The Morgan fingerprint density at radius 2 is 2.09 bits per heavy atom. The zero-order valence-corrected chi connectivity index (χ0v) is 13.4. The summed E-state index contributed by atoms with van der Waals surface area (Å²) in [5.74, 6) is 2.45. The number of benzene rings is 1. The molecule has 0 bridgehead atoms. The second-order valence-corrected chi connectivity index (χ2v) is 6.76. The van der Waals surface area contributed by atoms with Crippen molar-refractivity contribution in [1.82, 2.24) is 0 Å². The van der Waals surface area contributed by atoms with Crippen molar-refractivity contribution in [3.05, 3.63) is 18.2 Å². The van der Waals surface area contributed by atoms with E-state index in [1.807, 2.05) is 18.2 Å². The molecule has 1 fully saturated rings. The summed E-state index contributed by atoms with van der Waals surface area (Å²) in [6.07, 6.45) is 1.35. The lowest BCUT2D eigenvalue weighted by atomic mass is 10.1. The van der Waals surface area contributed by atoms with Gasteiger partial charge >= 0.3 is 0 Å². The Kier molecular flexibility index (Phi) is 4.57. The van der Waals surface area contributed by atoms with Gasteiger partial charge in [-0.1, -0.05) is 11.8 Å². The van der Waals surface area contributed by atoms with Crippen LogP contribution in [0, 0.1) is 5.92 Å². The molecule has 2 aliphatic heterocycles. The SMILES string of the molecule is CC(=O)SCC1CC(=O)N(c2ccc3c(c2)OCCCO3)C1. The summed E-state index contributed by atoms with van der Waals surface area (Å²) in [6, 6.07) is 5.63. The van der Waals surface area contributed by atoms with Crippen molar-refractivity contribution in [3.63, 3.8) is 0 Å². The van der Waals surface area contributed by atoms with Crippen molar-refractivity contribution in [1.29, 1.82) is 0 Å². The largest absolute Gasteiger partial charge is 0.490 e. The quantitative estimate of drug-likeness (QED) is 0.856. The van der Waals surface area contributed by atoms with Crippen molar-refractivity contribution < 1.29 is 19.1 Å². The molecule has 1 aromatic carbocycles. The number of carbonyl (C=O) groups excluding carboxylic acids is 2. The van der Waals surface area contributed by atoms with Crippen LogP contribution in [0.25, 0.3) is 0 Å². The number of rotatable bonds is 3. The number of nitrogens with zero attached hydrogens (tertiary/aromatic N) is 1. The Bertz CT molecular complexity index is 590. The maximum atomic E-state index is 12.2. The van der Waals surface area contributed by atoms with Gasteiger partial charge in [0.2, 0.25) is 5.91 Å². The molecule has 0 spiro atoms. The minimum Gasteiger partial charge on any atom is -0.490 e. The molecule has 5 nitrogen and oxygen atoms in total. The second kappa shape index (κ2) is 6.60. The van der Waals surface area contributed by atoms with Crippen LogP contribution >= 0.6 is 11.8 Å². The predicted octanol–water partition coefficient (Wildman–Crippen LogP) is 2.48. The van der Waals surface area contributed by atoms with E-state index in [0.29, 0.717) is 37.7 Å². The zero-order valence-electron chi connectivity index (χ0n) is 12.5. The highest BCUT2D eigenvalue weighted by Gasteiger charge is 2.31. The molecule has 0 aromatic heterocycles. The number of amides is 1. The lowest BCUT2D eigenvalue weighted by molar-refractivity contribution is -0.117. The van der Waals surface area contributed by atoms with E-state index in [4.69, 9.17) is 9.47 Å². The fourth-order valence-corrected chi connectivity index (χ4v) is 3.39. The van der Waals surface area contributed by atoms with Gasteiger partial charge in [0.1, 0.15) is 0 Å². The van der Waals surface area contributed by atoms with Gasteiger partial charge in [-0.25, -0.2) is 0 Å². The first kappa shape index (κ1) is 15.2. The van der Waals surface area contributed by atoms with E-state index < -0.39 is 0 Å². The Labute approximate surface area is 134 Å². The molecular formula is C16H19NO4S. The number of carbonyl (C=O) groups is 2. The van der Waals surface area contributed by atoms with E-state index in [1.165, 1.54) is 11.8 Å². The molecule has 2 aliphatic rings. The first-order chi connectivity index (χ1) is 10.6. The van der Waals surface area contributed by atoms with Gasteiger partial charge in [0.25, 0.3) is 0 Å². The Morgan fingerprint density at radius 1 is 1.32 bits per heavy atom. The lowest BCUT2D eigenvalue weighted by Crippen LogP contribution is -2.24. The monoisotopic (exact) mass is 321 g/mol. The highest BCUT2D eigenvalue weighted by atomic mass is 32.2. The van der Waals surface area contributed by atoms with Gasteiger partial charge in [-0.2, -0.15) is 0 Å². The lowest BCUT2D eigenvalue weighted by Gasteiger charge is -2.18. The van der Waals surface area contributed by atoms with Crippen LogP contribution in [0.5, 0.6) is 11.5 Å². The van der Waals surface area contributed by atoms with Gasteiger partial charge in [0, 0.05) is 43.8 Å². The fourth-order valence-electron chi connectivity index (χ4n) is 2.70. The van der Waals surface area contributed by atoms with E-state index in [9.17, 15) is 9.59 Å². The average molecular weight is 321 g/mol. The highest BCUT2D eigenvalue weighted by molar-refractivity contribution is 8.13. The van der Waals surface area contributed by atoms with Gasteiger partial charge in [0.15, 0.2) is 16.6 Å². The minimum atomic E-state index is 0.0986. The van der Waals surface area contributed by atoms with Crippen molar-refractivity contribution in [2.45, 2.75) is 19.8 Å². The summed E-state index contributed by atoms with van der Waals surface area (Å²) in [6.45, 7) is 3.49. The molecule has 1 aromatic rings. The van der Waals surface area contributed by atoms with E-state index in [1.54, 1.807) is 11.8 Å². The molecule has 0 N–H and O–H groups in total. The van der Waals surface area contributed by atoms with Crippen LogP contribution in [0.4, 0.5) is 5.69 Å². The molecule has 0 aliphatic carbocycles. The smallest absolute Gasteiger partial charge is 0.227 e. The summed E-state index contributed by atoms with van der Waals surface area (Å²) in [5.41, 5.74) is 0.838. The number of anilines is 1. The fraction of sp³-hybridized carbons (Fsp3) is 0.500. The van der Waals surface area contributed by atoms with E-state index >= 15 is 0 Å². The molecule has 0 saturated carbocycles. The topological polar surface area (TPSA) is 55.8 Å². The van der Waals surface area contributed by atoms with Gasteiger partial charge in [-0.3, -0.25) is 9.59 Å². The van der Waals surface area contributed by atoms with E-state index in [2.05, 4.69) is 0 Å². The maximum absolute atomic E-state index is 12.2. The van der Waals surface area contributed by atoms with Crippen molar-refractivity contribution in [2.24, 2.45) is 5.92 Å². The van der Waals surface area contributed by atoms with E-state index in [0.717, 1.165) is 17.9 Å². The minimum absolute atomic E-state index is 0.0986. The summed E-state index contributed by atoms with van der Waals surface area (Å²) >= 11 is 1.29. The molecule has 2 heterocycles. The normalized spacial score (nSPS) is 20.9. The molecule has 1 saturated heterocycles. The van der Waals surface area contributed by atoms with Crippen LogP contribution in [0.15, 0.2) is 18.2 Å². The molecule has 118 valence electrons. The number of hydrogen-bond acceptors (Lipinski definition) is 5. The second-order valence-electron chi connectivity index (χ2n) is 5.56. The Hall–Kier alpha value is -1.69. The molecule has 1 unspecified atom stereocenters. The van der Waals surface area contributed by atoms with Crippen LogP contribution in [0.1, 0.15) is 19.8 Å². The molecule has 1 atom stereocenters. The van der Waals surface area contributed by atoms with Crippen molar-refractivity contribution in [2.75, 3.05) is 30.4 Å². The predicted molar refractivity (Wildman–Crippen MR) is 85.6 cm³/mol.